The van der Waals surface area contributed by atoms with E-state index in [1.54, 1.807) is 11.3 Å². The van der Waals surface area contributed by atoms with Gasteiger partial charge in [-0.25, -0.2) is 4.79 Å². The Hall–Kier alpha value is -1.92. The lowest BCUT2D eigenvalue weighted by Gasteiger charge is -2.13. The van der Waals surface area contributed by atoms with Gasteiger partial charge in [-0.2, -0.15) is 0 Å². The Kier molecular flexibility index (Phi) is 7.08. The van der Waals surface area contributed by atoms with E-state index in [0.717, 1.165) is 35.5 Å². The highest BCUT2D eigenvalue weighted by molar-refractivity contribution is 7.80. The standard InChI is InChI=1S/C22H28N2O2S2/c1-4-26-21(25)19-17-9-7-5-6-8-10-18(17)28-20(19)24-22(27)23-16-12-14(2)11-15(3)13-16/h11-13H,4-10H2,1-3H3,(H2,23,24,27). The summed E-state index contributed by atoms with van der Waals surface area (Å²) in [6.07, 6.45) is 6.69. The van der Waals surface area contributed by atoms with Crippen LogP contribution in [0.5, 0.6) is 0 Å². The average molecular weight is 417 g/mol. The number of nitrogens with one attached hydrogen (secondary N) is 2. The van der Waals surface area contributed by atoms with E-state index in [4.69, 9.17) is 17.0 Å². The van der Waals surface area contributed by atoms with E-state index in [0.29, 0.717) is 17.3 Å². The first-order valence-corrected chi connectivity index (χ1v) is 11.2. The van der Waals surface area contributed by atoms with Crippen LogP contribution in [-0.2, 0) is 17.6 Å². The lowest BCUT2D eigenvalue weighted by Crippen LogP contribution is -2.20. The van der Waals surface area contributed by atoms with Gasteiger partial charge in [-0.15, -0.1) is 11.3 Å². The number of fused-ring (bicyclic) bond motifs is 1. The third kappa shape index (κ3) is 5.11. The maximum Gasteiger partial charge on any atom is 0.341 e. The van der Waals surface area contributed by atoms with Crippen molar-refractivity contribution in [2.45, 2.75) is 59.3 Å². The highest BCUT2D eigenvalue weighted by Crippen LogP contribution is 2.37. The number of aryl methyl sites for hydroxylation is 3. The van der Waals surface area contributed by atoms with Gasteiger partial charge in [-0.05, 0) is 87.5 Å². The Balaban J connectivity index is 1.86. The number of rotatable bonds is 4. The highest BCUT2D eigenvalue weighted by Gasteiger charge is 2.25. The molecule has 0 amide bonds. The largest absolute Gasteiger partial charge is 0.462 e. The van der Waals surface area contributed by atoms with Crippen LogP contribution in [0.15, 0.2) is 18.2 Å². The number of ether oxygens (including phenoxy) is 1. The summed E-state index contributed by atoms with van der Waals surface area (Å²) in [7, 11) is 0. The van der Waals surface area contributed by atoms with E-state index in [1.165, 1.54) is 35.3 Å². The molecule has 0 atom stereocenters. The molecule has 2 N–H and O–H groups in total. The first-order valence-electron chi connectivity index (χ1n) is 9.96. The van der Waals surface area contributed by atoms with Crippen LogP contribution in [0.3, 0.4) is 0 Å². The molecule has 3 rings (SSSR count). The number of thiophene rings is 1. The molecule has 0 radical (unpaired) electrons. The van der Waals surface area contributed by atoms with Gasteiger partial charge in [0.05, 0.1) is 12.2 Å². The summed E-state index contributed by atoms with van der Waals surface area (Å²) in [5.41, 5.74) is 5.13. The van der Waals surface area contributed by atoms with Gasteiger partial charge >= 0.3 is 5.97 Å². The number of carbonyl (C=O) groups is 1. The Morgan fingerprint density at radius 2 is 1.75 bits per heavy atom. The summed E-state index contributed by atoms with van der Waals surface area (Å²) in [6, 6.07) is 6.24. The van der Waals surface area contributed by atoms with E-state index in [2.05, 4.69) is 42.7 Å². The maximum atomic E-state index is 12.7. The van der Waals surface area contributed by atoms with Crippen molar-refractivity contribution in [1.82, 2.24) is 0 Å². The van der Waals surface area contributed by atoms with Crippen LogP contribution >= 0.6 is 23.6 Å². The molecule has 1 aliphatic rings. The SMILES string of the molecule is CCOC(=O)c1c(NC(=S)Nc2cc(C)cc(C)c2)sc2c1CCCCCC2. The molecular formula is C22H28N2O2S2. The first kappa shape index (κ1) is 20.8. The van der Waals surface area contributed by atoms with Crippen molar-refractivity contribution in [3.05, 3.63) is 45.3 Å². The van der Waals surface area contributed by atoms with Gasteiger partial charge in [-0.1, -0.05) is 18.9 Å². The first-order chi connectivity index (χ1) is 13.5. The third-order valence-electron chi connectivity index (χ3n) is 4.86. The predicted octanol–water partition coefficient (Wildman–Crippen LogP) is 6.01. The number of carbonyl (C=O) groups excluding carboxylic acids is 1. The topological polar surface area (TPSA) is 50.4 Å². The van der Waals surface area contributed by atoms with Gasteiger partial charge in [0, 0.05) is 10.6 Å². The van der Waals surface area contributed by atoms with Gasteiger partial charge in [0.25, 0.3) is 0 Å². The van der Waals surface area contributed by atoms with Crippen LogP contribution in [0.4, 0.5) is 10.7 Å². The van der Waals surface area contributed by atoms with Gasteiger partial charge < -0.3 is 15.4 Å². The monoisotopic (exact) mass is 416 g/mol. The number of hydrogen-bond acceptors (Lipinski definition) is 4. The molecule has 0 bridgehead atoms. The molecule has 1 aliphatic carbocycles. The van der Waals surface area contributed by atoms with Crippen LogP contribution in [-0.4, -0.2) is 17.7 Å². The van der Waals surface area contributed by atoms with Gasteiger partial charge in [0.15, 0.2) is 5.11 Å². The van der Waals surface area contributed by atoms with Crippen LogP contribution in [0, 0.1) is 13.8 Å². The van der Waals surface area contributed by atoms with Gasteiger partial charge in [0.1, 0.15) is 5.00 Å². The number of hydrogen-bond donors (Lipinski definition) is 2. The van der Waals surface area contributed by atoms with E-state index in [-0.39, 0.29) is 5.97 Å². The van der Waals surface area contributed by atoms with Crippen LogP contribution in [0.2, 0.25) is 0 Å². The Labute approximate surface area is 176 Å². The Morgan fingerprint density at radius 1 is 1.07 bits per heavy atom. The summed E-state index contributed by atoms with van der Waals surface area (Å²) in [6.45, 7) is 6.33. The van der Waals surface area contributed by atoms with Crippen LogP contribution in [0.1, 0.15) is 64.5 Å². The number of thiocarbonyl (C=S) groups is 1. The molecule has 4 nitrogen and oxygen atoms in total. The fourth-order valence-corrected chi connectivity index (χ4v) is 5.31. The van der Waals surface area contributed by atoms with E-state index < -0.39 is 0 Å². The lowest BCUT2D eigenvalue weighted by molar-refractivity contribution is 0.0526. The Morgan fingerprint density at radius 3 is 2.43 bits per heavy atom. The number of benzene rings is 1. The lowest BCUT2D eigenvalue weighted by atomic mass is 9.96. The molecule has 0 aliphatic heterocycles. The van der Waals surface area contributed by atoms with Crippen molar-refractivity contribution in [3.8, 4) is 0 Å². The molecule has 6 heteroatoms. The minimum absolute atomic E-state index is 0.253. The van der Waals surface area contributed by atoms with Crippen molar-refractivity contribution in [2.24, 2.45) is 0 Å². The molecule has 1 aromatic heterocycles. The van der Waals surface area contributed by atoms with Crippen molar-refractivity contribution in [2.75, 3.05) is 17.2 Å². The van der Waals surface area contributed by atoms with Crippen molar-refractivity contribution < 1.29 is 9.53 Å². The number of anilines is 2. The minimum atomic E-state index is -0.253. The summed E-state index contributed by atoms with van der Waals surface area (Å²) in [5.74, 6) is -0.253. The second kappa shape index (κ2) is 9.52. The number of esters is 1. The van der Waals surface area contributed by atoms with E-state index in [1.807, 2.05) is 6.92 Å². The molecule has 0 saturated heterocycles. The maximum absolute atomic E-state index is 12.7. The Bertz CT molecular complexity index is 853. The highest BCUT2D eigenvalue weighted by atomic mass is 32.1. The summed E-state index contributed by atoms with van der Waals surface area (Å²) < 4.78 is 5.36. The molecular weight excluding hydrogens is 388 g/mol. The molecule has 2 aromatic rings. The van der Waals surface area contributed by atoms with Gasteiger partial charge in [0.2, 0.25) is 0 Å². The molecule has 28 heavy (non-hydrogen) atoms. The quantitative estimate of drug-likeness (QED) is 0.472. The molecule has 150 valence electrons. The van der Waals surface area contributed by atoms with Crippen molar-refractivity contribution in [3.63, 3.8) is 0 Å². The summed E-state index contributed by atoms with van der Waals surface area (Å²) >= 11 is 7.19. The molecule has 0 saturated carbocycles. The normalized spacial score (nSPS) is 13.8. The molecule has 0 fully saturated rings. The van der Waals surface area contributed by atoms with E-state index in [9.17, 15) is 4.79 Å². The second-order valence-corrected chi connectivity index (χ2v) is 8.81. The minimum Gasteiger partial charge on any atom is -0.462 e. The average Bonchev–Trinajstić information content (AvgIpc) is 2.90. The predicted molar refractivity (Wildman–Crippen MR) is 122 cm³/mol. The molecule has 0 spiro atoms. The third-order valence-corrected chi connectivity index (χ3v) is 6.27. The molecule has 1 heterocycles. The fraction of sp³-hybridized carbons (Fsp3) is 0.455. The smallest absolute Gasteiger partial charge is 0.341 e. The van der Waals surface area contributed by atoms with Crippen LogP contribution in [0.25, 0.3) is 0 Å². The molecule has 0 unspecified atom stereocenters. The van der Waals surface area contributed by atoms with Crippen molar-refractivity contribution >= 4 is 45.3 Å². The van der Waals surface area contributed by atoms with E-state index >= 15 is 0 Å². The summed E-state index contributed by atoms with van der Waals surface area (Å²) in [4.78, 5) is 14.0. The summed E-state index contributed by atoms with van der Waals surface area (Å²) in [5, 5.41) is 7.81. The second-order valence-electron chi connectivity index (χ2n) is 7.30. The van der Waals surface area contributed by atoms with Crippen molar-refractivity contribution in [1.29, 1.82) is 0 Å². The van der Waals surface area contributed by atoms with Crippen LogP contribution < -0.4 is 10.6 Å². The zero-order valence-corrected chi connectivity index (χ0v) is 18.4. The van der Waals surface area contributed by atoms with Gasteiger partial charge in [-0.3, -0.25) is 0 Å². The molecule has 1 aromatic carbocycles. The fourth-order valence-electron chi connectivity index (χ4n) is 3.74. The zero-order chi connectivity index (χ0) is 20.1. The zero-order valence-electron chi connectivity index (χ0n) is 16.8.